The molecular weight excluding hydrogens is 202 g/mol. The van der Waals surface area contributed by atoms with Crippen molar-refractivity contribution < 1.29 is 4.79 Å². The summed E-state index contributed by atoms with van der Waals surface area (Å²) >= 11 is 0. The number of rotatable bonds is 7. The van der Waals surface area contributed by atoms with E-state index in [4.69, 9.17) is 5.73 Å². The Labute approximate surface area is 98.6 Å². The van der Waals surface area contributed by atoms with Crippen LogP contribution in [0.5, 0.6) is 0 Å². The lowest BCUT2D eigenvalue weighted by molar-refractivity contribution is -0.120. The van der Waals surface area contributed by atoms with Crippen LogP contribution in [-0.2, 0) is 4.79 Å². The van der Waals surface area contributed by atoms with Gasteiger partial charge in [0.1, 0.15) is 0 Å². The van der Waals surface area contributed by atoms with Crippen molar-refractivity contribution in [2.24, 2.45) is 5.73 Å². The third-order valence-corrected chi connectivity index (χ3v) is 3.64. The van der Waals surface area contributed by atoms with E-state index in [0.717, 1.165) is 25.6 Å². The number of likely N-dealkylation sites (N-methyl/N-ethyl adjacent to an activating group) is 1. The van der Waals surface area contributed by atoms with E-state index in [0.29, 0.717) is 0 Å². The lowest BCUT2D eigenvalue weighted by Crippen LogP contribution is -2.43. The molecule has 1 unspecified atom stereocenters. The second-order valence-corrected chi connectivity index (χ2v) is 4.60. The zero-order valence-electron chi connectivity index (χ0n) is 10.5. The van der Waals surface area contributed by atoms with Crippen molar-refractivity contribution in [2.75, 3.05) is 20.1 Å². The van der Waals surface area contributed by atoms with Gasteiger partial charge in [-0.05, 0) is 32.9 Å². The Morgan fingerprint density at radius 3 is 2.56 bits per heavy atom. The lowest BCUT2D eigenvalue weighted by Gasteiger charge is -2.28. The van der Waals surface area contributed by atoms with Crippen LogP contribution in [0.2, 0.25) is 0 Å². The van der Waals surface area contributed by atoms with Crippen molar-refractivity contribution in [1.29, 1.82) is 0 Å². The Morgan fingerprint density at radius 2 is 2.12 bits per heavy atom. The highest BCUT2D eigenvalue weighted by Gasteiger charge is 2.22. The predicted octanol–water partition coefficient (Wildman–Crippen LogP) is 0.714. The molecule has 0 aromatic heterocycles. The van der Waals surface area contributed by atoms with E-state index in [-0.39, 0.29) is 11.9 Å². The van der Waals surface area contributed by atoms with Crippen molar-refractivity contribution in [3.05, 3.63) is 0 Å². The number of hydrogen-bond donors (Lipinski definition) is 2. The molecule has 1 aliphatic rings. The molecule has 94 valence electrons. The van der Waals surface area contributed by atoms with Gasteiger partial charge in [-0.3, -0.25) is 4.79 Å². The fraction of sp³-hybridized carbons (Fsp3) is 0.917. The molecule has 1 amide bonds. The highest BCUT2D eigenvalue weighted by atomic mass is 16.1. The molecule has 0 aliphatic heterocycles. The summed E-state index contributed by atoms with van der Waals surface area (Å²) in [5, 5.41) is 2.97. The number of carbonyl (C=O) groups is 1. The molecule has 0 spiro atoms. The van der Waals surface area contributed by atoms with Crippen LogP contribution in [0.15, 0.2) is 0 Å². The Morgan fingerprint density at radius 1 is 1.50 bits per heavy atom. The monoisotopic (exact) mass is 227 g/mol. The molecule has 1 fully saturated rings. The Kier molecular flexibility index (Phi) is 5.77. The van der Waals surface area contributed by atoms with Crippen LogP contribution in [0.1, 0.15) is 39.0 Å². The Bertz CT molecular complexity index is 214. The molecule has 1 saturated carbocycles. The summed E-state index contributed by atoms with van der Waals surface area (Å²) in [6.45, 7) is 4.23. The minimum atomic E-state index is -0.245. The van der Waals surface area contributed by atoms with Gasteiger partial charge in [0.25, 0.3) is 0 Å². The van der Waals surface area contributed by atoms with Gasteiger partial charge in [0.15, 0.2) is 0 Å². The fourth-order valence-electron chi connectivity index (χ4n) is 2.59. The van der Waals surface area contributed by atoms with E-state index >= 15 is 0 Å². The van der Waals surface area contributed by atoms with Gasteiger partial charge in [0, 0.05) is 12.6 Å². The van der Waals surface area contributed by atoms with Gasteiger partial charge in [-0.25, -0.2) is 0 Å². The molecule has 4 nitrogen and oxygen atoms in total. The summed E-state index contributed by atoms with van der Waals surface area (Å²) in [7, 11) is 1.79. The predicted molar refractivity (Wildman–Crippen MR) is 66.2 cm³/mol. The van der Waals surface area contributed by atoms with Gasteiger partial charge >= 0.3 is 0 Å². The number of primary amides is 1. The normalized spacial score (nSPS) is 19.2. The van der Waals surface area contributed by atoms with Crippen molar-refractivity contribution in [2.45, 2.75) is 51.1 Å². The molecule has 0 bridgehead atoms. The first-order valence-corrected chi connectivity index (χ1v) is 6.39. The van der Waals surface area contributed by atoms with Crippen LogP contribution in [-0.4, -0.2) is 43.0 Å². The molecular formula is C12H25N3O. The topological polar surface area (TPSA) is 58.4 Å². The quantitative estimate of drug-likeness (QED) is 0.673. The fourth-order valence-corrected chi connectivity index (χ4v) is 2.59. The summed E-state index contributed by atoms with van der Waals surface area (Å²) in [6.07, 6.45) is 6.15. The number of amides is 1. The van der Waals surface area contributed by atoms with Gasteiger partial charge < -0.3 is 16.0 Å². The van der Waals surface area contributed by atoms with Gasteiger partial charge in [0.2, 0.25) is 5.91 Å². The molecule has 0 radical (unpaired) electrons. The van der Waals surface area contributed by atoms with Crippen molar-refractivity contribution >= 4 is 5.91 Å². The summed E-state index contributed by atoms with van der Waals surface area (Å²) < 4.78 is 0. The maximum absolute atomic E-state index is 11.1. The number of carbonyl (C=O) groups excluding carboxylic acids is 1. The summed E-state index contributed by atoms with van der Waals surface area (Å²) in [5.41, 5.74) is 5.31. The number of hydrogen-bond acceptors (Lipinski definition) is 3. The SMILES string of the molecule is CCN(CCC(NC)C(N)=O)C1CCCC1. The maximum Gasteiger partial charge on any atom is 0.234 e. The molecule has 0 aromatic rings. The zero-order chi connectivity index (χ0) is 12.0. The highest BCUT2D eigenvalue weighted by molar-refractivity contribution is 5.79. The second kappa shape index (κ2) is 6.86. The summed E-state index contributed by atoms with van der Waals surface area (Å²) in [6, 6.07) is 0.547. The second-order valence-electron chi connectivity index (χ2n) is 4.60. The van der Waals surface area contributed by atoms with E-state index < -0.39 is 0 Å². The first-order chi connectivity index (χ1) is 7.69. The summed E-state index contributed by atoms with van der Waals surface area (Å²) in [4.78, 5) is 13.6. The number of nitrogens with zero attached hydrogens (tertiary/aromatic N) is 1. The lowest BCUT2D eigenvalue weighted by atomic mass is 10.1. The molecule has 4 heteroatoms. The highest BCUT2D eigenvalue weighted by Crippen LogP contribution is 2.23. The van der Waals surface area contributed by atoms with Gasteiger partial charge in [-0.15, -0.1) is 0 Å². The van der Waals surface area contributed by atoms with Gasteiger partial charge in [-0.1, -0.05) is 19.8 Å². The van der Waals surface area contributed by atoms with E-state index in [9.17, 15) is 4.79 Å². The molecule has 16 heavy (non-hydrogen) atoms. The Hall–Kier alpha value is -0.610. The Balaban J connectivity index is 2.35. The minimum Gasteiger partial charge on any atom is -0.368 e. The van der Waals surface area contributed by atoms with Crippen LogP contribution in [0.3, 0.4) is 0 Å². The van der Waals surface area contributed by atoms with Crippen LogP contribution in [0, 0.1) is 0 Å². The smallest absolute Gasteiger partial charge is 0.234 e. The maximum atomic E-state index is 11.1. The first-order valence-electron chi connectivity index (χ1n) is 6.39. The largest absolute Gasteiger partial charge is 0.368 e. The van der Waals surface area contributed by atoms with Crippen molar-refractivity contribution in [1.82, 2.24) is 10.2 Å². The molecule has 3 N–H and O–H groups in total. The molecule has 1 atom stereocenters. The third-order valence-electron chi connectivity index (χ3n) is 3.64. The average molecular weight is 227 g/mol. The van der Waals surface area contributed by atoms with E-state index in [2.05, 4.69) is 17.1 Å². The molecule has 0 aromatic carbocycles. The van der Waals surface area contributed by atoms with Crippen LogP contribution < -0.4 is 11.1 Å². The average Bonchev–Trinajstić information content (AvgIpc) is 2.77. The van der Waals surface area contributed by atoms with Crippen LogP contribution >= 0.6 is 0 Å². The van der Waals surface area contributed by atoms with Crippen LogP contribution in [0.4, 0.5) is 0 Å². The van der Waals surface area contributed by atoms with E-state index in [1.165, 1.54) is 25.7 Å². The van der Waals surface area contributed by atoms with Crippen molar-refractivity contribution in [3.8, 4) is 0 Å². The first kappa shape index (κ1) is 13.5. The molecule has 0 saturated heterocycles. The number of nitrogens with two attached hydrogens (primary N) is 1. The minimum absolute atomic E-state index is 0.185. The van der Waals surface area contributed by atoms with Gasteiger partial charge in [0.05, 0.1) is 6.04 Å². The van der Waals surface area contributed by atoms with Gasteiger partial charge in [-0.2, -0.15) is 0 Å². The number of nitrogens with one attached hydrogen (secondary N) is 1. The van der Waals surface area contributed by atoms with Crippen molar-refractivity contribution in [3.63, 3.8) is 0 Å². The van der Waals surface area contributed by atoms with Crippen LogP contribution in [0.25, 0.3) is 0 Å². The van der Waals surface area contributed by atoms with E-state index in [1.54, 1.807) is 7.05 Å². The zero-order valence-corrected chi connectivity index (χ0v) is 10.5. The summed E-state index contributed by atoms with van der Waals surface area (Å²) in [5.74, 6) is -0.245. The molecule has 0 heterocycles. The van der Waals surface area contributed by atoms with E-state index in [1.807, 2.05) is 0 Å². The molecule has 1 rings (SSSR count). The third kappa shape index (κ3) is 3.76. The molecule has 1 aliphatic carbocycles. The standard InChI is InChI=1S/C12H25N3O/c1-3-15(10-6-4-5-7-10)9-8-11(14-2)12(13)16/h10-11,14H,3-9H2,1-2H3,(H2,13,16).